The molecule has 5 heteroatoms. The second-order valence-corrected chi connectivity index (χ2v) is 5.21. The van der Waals surface area contributed by atoms with Gasteiger partial charge in [-0.2, -0.15) is 4.98 Å². The summed E-state index contributed by atoms with van der Waals surface area (Å²) in [4.78, 5) is 11.1. The van der Waals surface area contributed by atoms with E-state index in [-0.39, 0.29) is 0 Å². The number of nitrogens with zero attached hydrogens (tertiary/aromatic N) is 3. The second-order valence-electron chi connectivity index (χ2n) is 5.21. The van der Waals surface area contributed by atoms with Gasteiger partial charge in [0.15, 0.2) is 0 Å². The predicted molar refractivity (Wildman–Crippen MR) is 73.0 cm³/mol. The van der Waals surface area contributed by atoms with Gasteiger partial charge in [-0.25, -0.2) is 4.98 Å². The van der Waals surface area contributed by atoms with Gasteiger partial charge in [-0.15, -0.1) is 0 Å². The average molecular weight is 250 g/mol. The Balaban J connectivity index is 2.13. The molecule has 1 aromatic heterocycles. The van der Waals surface area contributed by atoms with Gasteiger partial charge >= 0.3 is 0 Å². The maximum absolute atomic E-state index is 9.96. The van der Waals surface area contributed by atoms with Crippen LogP contribution in [0.25, 0.3) is 0 Å². The van der Waals surface area contributed by atoms with Crippen molar-refractivity contribution >= 4 is 11.8 Å². The lowest BCUT2D eigenvalue weighted by Crippen LogP contribution is -2.42. The van der Waals surface area contributed by atoms with Crippen LogP contribution < -0.4 is 10.2 Å². The standard InChI is InChI=1S/C13H22N4O/c1-4-14-12-15-10(2)9-11(16-12)17-7-5-13(3,18)6-8-17/h9,18H,4-8H2,1-3H3,(H,14,15,16). The summed E-state index contributed by atoms with van der Waals surface area (Å²) >= 11 is 0. The summed E-state index contributed by atoms with van der Waals surface area (Å²) in [5.41, 5.74) is 0.441. The van der Waals surface area contributed by atoms with Crippen molar-refractivity contribution in [3.05, 3.63) is 11.8 Å². The fraction of sp³-hybridized carbons (Fsp3) is 0.692. The molecule has 0 saturated carbocycles. The minimum Gasteiger partial charge on any atom is -0.390 e. The smallest absolute Gasteiger partial charge is 0.224 e. The minimum absolute atomic E-state index is 0.525. The van der Waals surface area contributed by atoms with Crippen LogP contribution in [0.4, 0.5) is 11.8 Å². The molecule has 5 nitrogen and oxygen atoms in total. The lowest BCUT2D eigenvalue weighted by molar-refractivity contribution is 0.0350. The Morgan fingerprint density at radius 1 is 1.39 bits per heavy atom. The number of piperidine rings is 1. The molecular formula is C13H22N4O. The molecule has 0 radical (unpaired) electrons. The SMILES string of the molecule is CCNc1nc(C)cc(N2CCC(C)(O)CC2)n1. The third-order valence-corrected chi connectivity index (χ3v) is 3.34. The summed E-state index contributed by atoms with van der Waals surface area (Å²) < 4.78 is 0. The molecule has 0 aromatic carbocycles. The summed E-state index contributed by atoms with van der Waals surface area (Å²) in [6, 6.07) is 2.00. The van der Waals surface area contributed by atoms with Crippen molar-refractivity contribution in [2.24, 2.45) is 0 Å². The predicted octanol–water partition coefficient (Wildman–Crippen LogP) is 1.57. The van der Waals surface area contributed by atoms with Gasteiger partial charge in [-0.3, -0.25) is 0 Å². The highest BCUT2D eigenvalue weighted by Gasteiger charge is 2.28. The van der Waals surface area contributed by atoms with E-state index in [2.05, 4.69) is 20.2 Å². The van der Waals surface area contributed by atoms with Crippen LogP contribution >= 0.6 is 0 Å². The Morgan fingerprint density at radius 2 is 2.06 bits per heavy atom. The molecule has 1 aliphatic heterocycles. The van der Waals surface area contributed by atoms with Crippen molar-refractivity contribution in [2.45, 2.75) is 39.2 Å². The van der Waals surface area contributed by atoms with E-state index < -0.39 is 5.60 Å². The Kier molecular flexibility index (Phi) is 3.71. The minimum atomic E-state index is -0.525. The number of hydrogen-bond acceptors (Lipinski definition) is 5. The molecule has 1 saturated heterocycles. The molecule has 2 N–H and O–H groups in total. The molecule has 1 aromatic rings. The van der Waals surface area contributed by atoms with E-state index in [1.54, 1.807) is 0 Å². The van der Waals surface area contributed by atoms with Gasteiger partial charge in [0.05, 0.1) is 5.60 Å². The first kappa shape index (κ1) is 13.1. The molecule has 0 aliphatic carbocycles. The first-order valence-corrected chi connectivity index (χ1v) is 6.57. The van der Waals surface area contributed by atoms with Crippen molar-refractivity contribution < 1.29 is 5.11 Å². The van der Waals surface area contributed by atoms with Crippen LogP contribution in [0.15, 0.2) is 6.07 Å². The lowest BCUT2D eigenvalue weighted by atomic mass is 9.94. The Bertz CT molecular complexity index is 409. The second kappa shape index (κ2) is 5.10. The van der Waals surface area contributed by atoms with Gasteiger partial charge in [0.1, 0.15) is 5.82 Å². The topological polar surface area (TPSA) is 61.3 Å². The van der Waals surface area contributed by atoms with Crippen LogP contribution in [-0.2, 0) is 0 Å². The van der Waals surface area contributed by atoms with Gasteiger partial charge in [0.25, 0.3) is 0 Å². The number of aromatic nitrogens is 2. The van der Waals surface area contributed by atoms with E-state index in [1.165, 1.54) is 0 Å². The first-order chi connectivity index (χ1) is 8.50. The molecule has 2 heterocycles. The normalized spacial score (nSPS) is 18.8. The first-order valence-electron chi connectivity index (χ1n) is 6.57. The average Bonchev–Trinajstić information content (AvgIpc) is 2.28. The van der Waals surface area contributed by atoms with Gasteiger partial charge in [0, 0.05) is 31.4 Å². The van der Waals surface area contributed by atoms with Crippen LogP contribution in [0.5, 0.6) is 0 Å². The van der Waals surface area contributed by atoms with Crippen LogP contribution in [0.1, 0.15) is 32.4 Å². The number of aryl methyl sites for hydroxylation is 1. The molecule has 18 heavy (non-hydrogen) atoms. The fourth-order valence-electron chi connectivity index (χ4n) is 2.17. The van der Waals surface area contributed by atoms with E-state index in [9.17, 15) is 5.11 Å². The van der Waals surface area contributed by atoms with Crippen LogP contribution in [0.2, 0.25) is 0 Å². The molecule has 0 spiro atoms. The van der Waals surface area contributed by atoms with E-state index in [1.807, 2.05) is 26.8 Å². The molecular weight excluding hydrogens is 228 g/mol. The fourth-order valence-corrected chi connectivity index (χ4v) is 2.17. The Morgan fingerprint density at radius 3 is 2.67 bits per heavy atom. The van der Waals surface area contributed by atoms with Crippen molar-refractivity contribution in [1.29, 1.82) is 0 Å². The van der Waals surface area contributed by atoms with E-state index >= 15 is 0 Å². The molecule has 100 valence electrons. The number of anilines is 2. The lowest BCUT2D eigenvalue weighted by Gasteiger charge is -2.36. The maximum Gasteiger partial charge on any atom is 0.224 e. The van der Waals surface area contributed by atoms with Crippen molar-refractivity contribution in [2.75, 3.05) is 29.9 Å². The van der Waals surface area contributed by atoms with Crippen molar-refractivity contribution in [3.63, 3.8) is 0 Å². The highest BCUT2D eigenvalue weighted by Crippen LogP contribution is 2.25. The number of rotatable bonds is 3. The highest BCUT2D eigenvalue weighted by molar-refractivity contribution is 5.45. The molecule has 1 fully saturated rings. The molecule has 2 rings (SSSR count). The Labute approximate surface area is 108 Å². The van der Waals surface area contributed by atoms with Crippen LogP contribution in [0, 0.1) is 6.92 Å². The monoisotopic (exact) mass is 250 g/mol. The van der Waals surface area contributed by atoms with E-state index in [0.717, 1.165) is 44.0 Å². The van der Waals surface area contributed by atoms with Gasteiger partial charge in [0.2, 0.25) is 5.95 Å². The summed E-state index contributed by atoms with van der Waals surface area (Å²) in [6.45, 7) is 8.41. The molecule has 0 amide bonds. The number of nitrogens with one attached hydrogen (secondary N) is 1. The third-order valence-electron chi connectivity index (χ3n) is 3.34. The van der Waals surface area contributed by atoms with Crippen molar-refractivity contribution in [3.8, 4) is 0 Å². The van der Waals surface area contributed by atoms with Crippen LogP contribution in [-0.4, -0.2) is 40.3 Å². The zero-order valence-corrected chi connectivity index (χ0v) is 11.4. The summed E-state index contributed by atoms with van der Waals surface area (Å²) in [7, 11) is 0. The summed E-state index contributed by atoms with van der Waals surface area (Å²) in [6.07, 6.45) is 1.57. The maximum atomic E-state index is 9.96. The molecule has 0 unspecified atom stereocenters. The number of hydrogen-bond donors (Lipinski definition) is 2. The third kappa shape index (κ3) is 3.10. The molecule has 1 aliphatic rings. The van der Waals surface area contributed by atoms with Crippen LogP contribution in [0.3, 0.4) is 0 Å². The Hall–Kier alpha value is -1.36. The van der Waals surface area contributed by atoms with Gasteiger partial charge in [-0.1, -0.05) is 0 Å². The largest absolute Gasteiger partial charge is 0.390 e. The quantitative estimate of drug-likeness (QED) is 0.852. The summed E-state index contributed by atoms with van der Waals surface area (Å²) in [5.74, 6) is 1.64. The zero-order chi connectivity index (χ0) is 13.2. The molecule has 0 bridgehead atoms. The molecule has 0 atom stereocenters. The van der Waals surface area contributed by atoms with Gasteiger partial charge < -0.3 is 15.3 Å². The van der Waals surface area contributed by atoms with Crippen molar-refractivity contribution in [1.82, 2.24) is 9.97 Å². The highest BCUT2D eigenvalue weighted by atomic mass is 16.3. The van der Waals surface area contributed by atoms with E-state index in [4.69, 9.17) is 0 Å². The zero-order valence-electron chi connectivity index (χ0n) is 11.4. The summed E-state index contributed by atoms with van der Waals surface area (Å²) in [5, 5.41) is 13.1. The van der Waals surface area contributed by atoms with Gasteiger partial charge in [-0.05, 0) is 33.6 Å². The number of aliphatic hydroxyl groups is 1. The van der Waals surface area contributed by atoms with E-state index in [0.29, 0.717) is 5.95 Å².